The SMILES string of the molecule is Cc1nn(C)c(C)c1NC(=O)CSc1ccccn1. The van der Waals surface area contributed by atoms with Crippen molar-refractivity contribution < 1.29 is 4.79 Å². The van der Waals surface area contributed by atoms with Crippen molar-refractivity contribution in [2.75, 3.05) is 11.1 Å². The molecule has 100 valence electrons. The molecule has 0 saturated heterocycles. The number of thioether (sulfide) groups is 1. The molecule has 0 spiro atoms. The first kappa shape index (κ1) is 13.6. The standard InChI is InChI=1S/C13H16N4OS/c1-9-13(10(2)17(3)16-9)15-11(18)8-19-12-6-4-5-7-14-12/h4-7H,8H2,1-3H3,(H,15,18). The molecular weight excluding hydrogens is 260 g/mol. The largest absolute Gasteiger partial charge is 0.322 e. The van der Waals surface area contributed by atoms with Crippen LogP contribution in [0.4, 0.5) is 5.69 Å². The summed E-state index contributed by atoms with van der Waals surface area (Å²) in [6.45, 7) is 3.82. The number of pyridine rings is 1. The fourth-order valence-electron chi connectivity index (χ4n) is 1.70. The molecule has 0 bridgehead atoms. The van der Waals surface area contributed by atoms with Crippen molar-refractivity contribution >= 4 is 23.4 Å². The van der Waals surface area contributed by atoms with E-state index >= 15 is 0 Å². The molecule has 5 nitrogen and oxygen atoms in total. The monoisotopic (exact) mass is 276 g/mol. The van der Waals surface area contributed by atoms with E-state index in [1.807, 2.05) is 39.1 Å². The average molecular weight is 276 g/mol. The molecule has 2 heterocycles. The van der Waals surface area contributed by atoms with Gasteiger partial charge in [0.2, 0.25) is 5.91 Å². The molecule has 1 amide bonds. The number of aryl methyl sites for hydroxylation is 2. The predicted molar refractivity (Wildman–Crippen MR) is 76.3 cm³/mol. The Kier molecular flexibility index (Phi) is 4.21. The van der Waals surface area contributed by atoms with E-state index in [9.17, 15) is 4.79 Å². The van der Waals surface area contributed by atoms with E-state index in [0.29, 0.717) is 5.75 Å². The van der Waals surface area contributed by atoms with Crippen molar-refractivity contribution in [3.63, 3.8) is 0 Å². The Morgan fingerprint density at radius 2 is 2.21 bits per heavy atom. The molecule has 6 heteroatoms. The Labute approximate surface area is 116 Å². The number of nitrogens with zero attached hydrogens (tertiary/aromatic N) is 3. The van der Waals surface area contributed by atoms with Gasteiger partial charge in [0.05, 0.1) is 27.9 Å². The smallest absolute Gasteiger partial charge is 0.234 e. The summed E-state index contributed by atoms with van der Waals surface area (Å²) in [5.74, 6) is 0.292. The summed E-state index contributed by atoms with van der Waals surface area (Å²) in [5.41, 5.74) is 2.58. The number of nitrogens with one attached hydrogen (secondary N) is 1. The minimum Gasteiger partial charge on any atom is -0.322 e. The first-order chi connectivity index (χ1) is 9.08. The molecule has 0 atom stereocenters. The van der Waals surface area contributed by atoms with E-state index in [4.69, 9.17) is 0 Å². The summed E-state index contributed by atoms with van der Waals surface area (Å²) in [6.07, 6.45) is 1.72. The summed E-state index contributed by atoms with van der Waals surface area (Å²) in [4.78, 5) is 16.1. The molecule has 0 unspecified atom stereocenters. The highest BCUT2D eigenvalue weighted by Crippen LogP contribution is 2.19. The van der Waals surface area contributed by atoms with Gasteiger partial charge in [0, 0.05) is 13.2 Å². The van der Waals surface area contributed by atoms with E-state index in [0.717, 1.165) is 22.1 Å². The molecule has 0 aliphatic carbocycles. The number of carbonyl (C=O) groups is 1. The van der Waals surface area contributed by atoms with E-state index in [2.05, 4.69) is 15.4 Å². The Morgan fingerprint density at radius 1 is 1.42 bits per heavy atom. The molecular formula is C13H16N4OS. The van der Waals surface area contributed by atoms with Crippen LogP contribution in [0.2, 0.25) is 0 Å². The van der Waals surface area contributed by atoms with Gasteiger partial charge in [-0.2, -0.15) is 5.10 Å². The van der Waals surface area contributed by atoms with Crippen LogP contribution in [0.3, 0.4) is 0 Å². The minimum absolute atomic E-state index is 0.0464. The fraction of sp³-hybridized carbons (Fsp3) is 0.308. The second-order valence-electron chi connectivity index (χ2n) is 4.17. The Morgan fingerprint density at radius 3 is 2.79 bits per heavy atom. The second kappa shape index (κ2) is 5.88. The molecule has 2 aromatic heterocycles. The van der Waals surface area contributed by atoms with E-state index in [1.165, 1.54) is 11.8 Å². The number of carbonyl (C=O) groups excluding carboxylic acids is 1. The van der Waals surface area contributed by atoms with Gasteiger partial charge in [-0.25, -0.2) is 4.98 Å². The number of hydrogen-bond donors (Lipinski definition) is 1. The zero-order valence-corrected chi connectivity index (χ0v) is 12.0. The van der Waals surface area contributed by atoms with Crippen LogP contribution in [0.1, 0.15) is 11.4 Å². The van der Waals surface area contributed by atoms with Crippen LogP contribution in [0, 0.1) is 13.8 Å². The summed E-state index contributed by atoms with van der Waals surface area (Å²) in [6, 6.07) is 5.65. The molecule has 1 N–H and O–H groups in total. The maximum absolute atomic E-state index is 11.9. The molecule has 0 fully saturated rings. The normalized spacial score (nSPS) is 10.5. The predicted octanol–water partition coefficient (Wildman–Crippen LogP) is 2.16. The van der Waals surface area contributed by atoms with Crippen molar-refractivity contribution in [2.45, 2.75) is 18.9 Å². The minimum atomic E-state index is -0.0464. The maximum Gasteiger partial charge on any atom is 0.234 e. The van der Waals surface area contributed by atoms with Crippen LogP contribution in [0.5, 0.6) is 0 Å². The van der Waals surface area contributed by atoms with Crippen LogP contribution < -0.4 is 5.32 Å². The lowest BCUT2D eigenvalue weighted by molar-refractivity contribution is -0.113. The first-order valence-electron chi connectivity index (χ1n) is 5.92. The van der Waals surface area contributed by atoms with Crippen molar-refractivity contribution in [3.05, 3.63) is 35.8 Å². The fourth-order valence-corrected chi connectivity index (χ4v) is 2.36. The third-order valence-corrected chi connectivity index (χ3v) is 3.71. The average Bonchev–Trinajstić information content (AvgIpc) is 2.64. The van der Waals surface area contributed by atoms with Gasteiger partial charge in [-0.3, -0.25) is 9.48 Å². The van der Waals surface area contributed by atoms with Crippen molar-refractivity contribution in [3.8, 4) is 0 Å². The van der Waals surface area contributed by atoms with Gasteiger partial charge in [0.25, 0.3) is 0 Å². The summed E-state index contributed by atoms with van der Waals surface area (Å²) < 4.78 is 1.76. The van der Waals surface area contributed by atoms with Gasteiger partial charge in [0.15, 0.2) is 0 Å². The second-order valence-corrected chi connectivity index (χ2v) is 5.17. The number of aromatic nitrogens is 3. The molecule has 2 aromatic rings. The van der Waals surface area contributed by atoms with Crippen LogP contribution in [0.15, 0.2) is 29.4 Å². The van der Waals surface area contributed by atoms with Crippen LogP contribution in [-0.4, -0.2) is 26.4 Å². The maximum atomic E-state index is 11.9. The quantitative estimate of drug-likeness (QED) is 0.869. The third kappa shape index (κ3) is 3.35. The summed E-state index contributed by atoms with van der Waals surface area (Å²) >= 11 is 1.42. The first-order valence-corrected chi connectivity index (χ1v) is 6.90. The summed E-state index contributed by atoms with van der Waals surface area (Å²) in [5, 5.41) is 8.01. The number of hydrogen-bond acceptors (Lipinski definition) is 4. The highest BCUT2D eigenvalue weighted by Gasteiger charge is 2.12. The van der Waals surface area contributed by atoms with Crippen molar-refractivity contribution in [1.29, 1.82) is 0 Å². The van der Waals surface area contributed by atoms with Gasteiger partial charge in [-0.15, -0.1) is 0 Å². The molecule has 0 aliphatic rings. The van der Waals surface area contributed by atoms with Gasteiger partial charge < -0.3 is 5.32 Å². The van der Waals surface area contributed by atoms with Gasteiger partial charge in [0.1, 0.15) is 0 Å². The van der Waals surface area contributed by atoms with E-state index in [-0.39, 0.29) is 5.91 Å². The summed E-state index contributed by atoms with van der Waals surface area (Å²) in [7, 11) is 1.86. The van der Waals surface area contributed by atoms with Crippen LogP contribution in [0.25, 0.3) is 0 Å². The third-order valence-electron chi connectivity index (χ3n) is 2.76. The molecule has 2 rings (SSSR count). The van der Waals surface area contributed by atoms with Crippen molar-refractivity contribution in [2.24, 2.45) is 7.05 Å². The number of amides is 1. The number of rotatable bonds is 4. The highest BCUT2D eigenvalue weighted by atomic mass is 32.2. The molecule has 19 heavy (non-hydrogen) atoms. The lowest BCUT2D eigenvalue weighted by atomic mass is 10.3. The topological polar surface area (TPSA) is 59.8 Å². The Bertz CT molecular complexity index is 580. The molecule has 0 radical (unpaired) electrons. The lowest BCUT2D eigenvalue weighted by Gasteiger charge is -2.05. The lowest BCUT2D eigenvalue weighted by Crippen LogP contribution is -2.15. The van der Waals surface area contributed by atoms with Gasteiger partial charge in [-0.05, 0) is 26.0 Å². The van der Waals surface area contributed by atoms with Crippen molar-refractivity contribution in [1.82, 2.24) is 14.8 Å². The zero-order valence-electron chi connectivity index (χ0n) is 11.2. The Balaban J connectivity index is 1.95. The van der Waals surface area contributed by atoms with Crippen LogP contribution in [-0.2, 0) is 11.8 Å². The number of anilines is 1. The van der Waals surface area contributed by atoms with Crippen LogP contribution >= 0.6 is 11.8 Å². The Hall–Kier alpha value is -1.82. The molecule has 0 aromatic carbocycles. The highest BCUT2D eigenvalue weighted by molar-refractivity contribution is 7.99. The zero-order chi connectivity index (χ0) is 13.8. The van der Waals surface area contributed by atoms with E-state index in [1.54, 1.807) is 10.9 Å². The van der Waals surface area contributed by atoms with E-state index < -0.39 is 0 Å². The van der Waals surface area contributed by atoms with Gasteiger partial charge >= 0.3 is 0 Å². The molecule has 0 saturated carbocycles. The molecule has 0 aliphatic heterocycles. The van der Waals surface area contributed by atoms with Gasteiger partial charge in [-0.1, -0.05) is 17.8 Å².